The van der Waals surface area contributed by atoms with E-state index in [2.05, 4.69) is 22.0 Å². The molecule has 0 saturated carbocycles. The number of amidine groups is 1. The van der Waals surface area contributed by atoms with Crippen LogP contribution in [0.15, 0.2) is 24.3 Å². The third-order valence-electron chi connectivity index (χ3n) is 5.16. The average molecular weight is 399 g/mol. The van der Waals surface area contributed by atoms with Gasteiger partial charge in [-0.25, -0.2) is 0 Å². The standard InChI is InChI=1S/C22H34N6O/c1-5-27-8-10-28(11-9-27)21(24)7-6-16(4)17-12-18(22(25)29)19(14-23)20(13-17)26-15(2)3/h6-7,12-15,24,26H,5,8-11,23H2,1-4H3,(H2,25,29). The molecule has 158 valence electrons. The van der Waals surface area contributed by atoms with Gasteiger partial charge < -0.3 is 26.6 Å². The van der Waals surface area contributed by atoms with Crippen molar-refractivity contribution in [3.63, 3.8) is 0 Å². The molecule has 0 bridgehead atoms. The minimum atomic E-state index is -0.520. The van der Waals surface area contributed by atoms with Gasteiger partial charge in [-0.2, -0.15) is 0 Å². The zero-order valence-corrected chi connectivity index (χ0v) is 18.0. The highest BCUT2D eigenvalue weighted by molar-refractivity contribution is 5.95. The van der Waals surface area contributed by atoms with Gasteiger partial charge in [0.15, 0.2) is 0 Å². The van der Waals surface area contributed by atoms with Crippen LogP contribution < -0.4 is 27.2 Å². The summed E-state index contributed by atoms with van der Waals surface area (Å²) in [4.78, 5) is 16.4. The van der Waals surface area contributed by atoms with Crippen LogP contribution >= 0.6 is 0 Å². The summed E-state index contributed by atoms with van der Waals surface area (Å²) in [6.07, 6.45) is 5.14. The second kappa shape index (κ2) is 10.1. The van der Waals surface area contributed by atoms with Crippen molar-refractivity contribution in [3.8, 4) is 0 Å². The topological polar surface area (TPSA) is 111 Å². The van der Waals surface area contributed by atoms with Crippen molar-refractivity contribution in [3.05, 3.63) is 40.3 Å². The number of primary amides is 1. The number of hydrogen-bond donors (Lipinski definition) is 4. The number of nitrogens with two attached hydrogens (primary N) is 2. The third kappa shape index (κ3) is 5.84. The SMILES string of the molecule is CCN1CCN(C(=N)C=CC(C)=c2cc(NC(C)C)c(=CN)c(C(N)=O)c2)CC1. The molecule has 7 heteroatoms. The van der Waals surface area contributed by atoms with Crippen molar-refractivity contribution < 1.29 is 4.79 Å². The van der Waals surface area contributed by atoms with Crippen LogP contribution in [-0.2, 0) is 0 Å². The monoisotopic (exact) mass is 398 g/mol. The molecule has 7 nitrogen and oxygen atoms in total. The van der Waals surface area contributed by atoms with Gasteiger partial charge in [0.1, 0.15) is 5.84 Å². The Morgan fingerprint density at radius 1 is 1.24 bits per heavy atom. The van der Waals surface area contributed by atoms with E-state index in [9.17, 15) is 4.79 Å². The third-order valence-corrected chi connectivity index (χ3v) is 5.16. The first kappa shape index (κ1) is 22.5. The summed E-state index contributed by atoms with van der Waals surface area (Å²) in [6.45, 7) is 12.9. The maximum Gasteiger partial charge on any atom is 0.249 e. The molecule has 1 heterocycles. The lowest BCUT2D eigenvalue weighted by atomic mass is 10.0. The molecule has 1 aromatic carbocycles. The molecule has 0 aliphatic carbocycles. The number of carbonyl (C=O) groups excluding carboxylic acids is 1. The molecule has 1 fully saturated rings. The van der Waals surface area contributed by atoms with Crippen LogP contribution in [0, 0.1) is 5.41 Å². The normalized spacial score (nSPS) is 17.1. The van der Waals surface area contributed by atoms with E-state index in [4.69, 9.17) is 16.9 Å². The van der Waals surface area contributed by atoms with Crippen LogP contribution in [0.1, 0.15) is 38.1 Å². The summed E-state index contributed by atoms with van der Waals surface area (Å²) in [5.74, 6) is -0.0173. The first-order chi connectivity index (χ1) is 13.8. The average Bonchev–Trinajstić information content (AvgIpc) is 2.70. The Kier molecular flexibility index (Phi) is 7.84. The molecule has 1 saturated heterocycles. The minimum Gasteiger partial charge on any atom is -0.404 e. The Hall–Kier alpha value is -2.80. The van der Waals surface area contributed by atoms with Gasteiger partial charge in [0, 0.05) is 49.3 Å². The summed E-state index contributed by atoms with van der Waals surface area (Å²) in [5, 5.41) is 13.2. The van der Waals surface area contributed by atoms with Crippen LogP contribution in [0.2, 0.25) is 0 Å². The van der Waals surface area contributed by atoms with Crippen molar-refractivity contribution in [2.45, 2.75) is 33.7 Å². The summed E-state index contributed by atoms with van der Waals surface area (Å²) >= 11 is 0. The maximum atomic E-state index is 12.0. The molecule has 0 atom stereocenters. The summed E-state index contributed by atoms with van der Waals surface area (Å²) in [7, 11) is 0. The molecule has 0 spiro atoms. The molecule has 1 aliphatic heterocycles. The van der Waals surface area contributed by atoms with Gasteiger partial charge in [-0.3, -0.25) is 10.2 Å². The van der Waals surface area contributed by atoms with Crippen molar-refractivity contribution in [1.82, 2.24) is 9.80 Å². The van der Waals surface area contributed by atoms with E-state index < -0.39 is 5.91 Å². The van der Waals surface area contributed by atoms with Crippen LogP contribution in [-0.4, -0.2) is 60.3 Å². The smallest absolute Gasteiger partial charge is 0.249 e. The molecule has 29 heavy (non-hydrogen) atoms. The number of nitrogens with one attached hydrogen (secondary N) is 2. The van der Waals surface area contributed by atoms with Crippen LogP contribution in [0.3, 0.4) is 0 Å². The molecule has 0 aromatic heterocycles. The second-order valence-electron chi connectivity index (χ2n) is 7.64. The molecule has 1 aliphatic rings. The van der Waals surface area contributed by atoms with Crippen LogP contribution in [0.25, 0.3) is 11.8 Å². The highest BCUT2D eigenvalue weighted by atomic mass is 16.1. The first-order valence-corrected chi connectivity index (χ1v) is 10.1. The number of piperazine rings is 1. The number of allylic oxidation sites excluding steroid dienone is 1. The Morgan fingerprint density at radius 2 is 1.90 bits per heavy atom. The number of amides is 1. The second-order valence-corrected chi connectivity index (χ2v) is 7.64. The molecule has 1 aromatic rings. The molecular weight excluding hydrogens is 364 g/mol. The Labute approximate surface area is 173 Å². The fourth-order valence-electron chi connectivity index (χ4n) is 3.41. The van der Waals surface area contributed by atoms with E-state index in [-0.39, 0.29) is 6.04 Å². The Balaban J connectivity index is 2.35. The van der Waals surface area contributed by atoms with Crippen molar-refractivity contribution in [2.24, 2.45) is 11.5 Å². The quantitative estimate of drug-likeness (QED) is 0.415. The first-order valence-electron chi connectivity index (χ1n) is 10.1. The van der Waals surface area contributed by atoms with E-state index in [0.29, 0.717) is 16.6 Å². The highest BCUT2D eigenvalue weighted by Crippen LogP contribution is 2.06. The van der Waals surface area contributed by atoms with Crippen molar-refractivity contribution >= 4 is 29.2 Å². The van der Waals surface area contributed by atoms with E-state index >= 15 is 0 Å². The number of nitrogens with zero attached hydrogens (tertiary/aromatic N) is 2. The van der Waals surface area contributed by atoms with E-state index in [1.807, 2.05) is 39.0 Å². The van der Waals surface area contributed by atoms with Gasteiger partial charge in [-0.1, -0.05) is 13.0 Å². The summed E-state index contributed by atoms with van der Waals surface area (Å²) in [6, 6.07) is 3.90. The van der Waals surface area contributed by atoms with E-state index in [1.54, 1.807) is 6.07 Å². The van der Waals surface area contributed by atoms with Gasteiger partial charge in [0.25, 0.3) is 0 Å². The van der Waals surface area contributed by atoms with Gasteiger partial charge in [0.2, 0.25) is 5.91 Å². The summed E-state index contributed by atoms with van der Waals surface area (Å²) in [5.41, 5.74) is 13.4. The lowest BCUT2D eigenvalue weighted by Gasteiger charge is -2.34. The van der Waals surface area contributed by atoms with Crippen LogP contribution in [0.4, 0.5) is 5.69 Å². The lowest BCUT2D eigenvalue weighted by molar-refractivity contribution is 0.0999. The highest BCUT2D eigenvalue weighted by Gasteiger charge is 2.16. The largest absolute Gasteiger partial charge is 0.404 e. The van der Waals surface area contributed by atoms with E-state index in [0.717, 1.165) is 49.2 Å². The fourth-order valence-corrected chi connectivity index (χ4v) is 3.41. The number of rotatable bonds is 6. The molecular formula is C22H34N6O. The van der Waals surface area contributed by atoms with Crippen molar-refractivity contribution in [1.29, 1.82) is 5.41 Å². The van der Waals surface area contributed by atoms with Gasteiger partial charge >= 0.3 is 0 Å². The molecule has 0 radical (unpaired) electrons. The number of likely N-dealkylation sites (N-methyl/N-ethyl adjacent to an activating group) is 1. The van der Waals surface area contributed by atoms with Crippen molar-refractivity contribution in [2.75, 3.05) is 38.0 Å². The molecule has 0 unspecified atom stereocenters. The number of benzene rings is 1. The Bertz CT molecular complexity index is 895. The van der Waals surface area contributed by atoms with Gasteiger partial charge in [-0.15, -0.1) is 0 Å². The zero-order chi connectivity index (χ0) is 21.6. The summed E-state index contributed by atoms with van der Waals surface area (Å²) < 4.78 is 0. The lowest BCUT2D eigenvalue weighted by Crippen LogP contribution is -2.47. The molecule has 1 amide bonds. The van der Waals surface area contributed by atoms with Gasteiger partial charge in [-0.05, 0) is 56.3 Å². The number of hydrogen-bond acceptors (Lipinski definition) is 5. The van der Waals surface area contributed by atoms with Gasteiger partial charge in [0.05, 0.1) is 5.56 Å². The minimum absolute atomic E-state index is 0.176. The van der Waals surface area contributed by atoms with Crippen LogP contribution in [0.5, 0.6) is 0 Å². The van der Waals surface area contributed by atoms with E-state index in [1.165, 1.54) is 6.20 Å². The molecule has 6 N–H and O–H groups in total. The predicted molar refractivity (Wildman–Crippen MR) is 121 cm³/mol. The maximum absolute atomic E-state index is 12.0. The number of anilines is 1. The fraction of sp³-hybridized carbons (Fsp3) is 0.455. The zero-order valence-electron chi connectivity index (χ0n) is 18.0. The Morgan fingerprint density at radius 3 is 2.41 bits per heavy atom. The molecule has 2 rings (SSSR count). The number of carbonyl (C=O) groups is 1. The predicted octanol–water partition coefficient (Wildman–Crippen LogP) is 0.644.